The molecular weight excluding hydrogens is 220 g/mol. The van der Waals surface area contributed by atoms with Gasteiger partial charge in [0.1, 0.15) is 11.6 Å². The molecule has 0 aliphatic rings. The molecule has 7 heteroatoms. The van der Waals surface area contributed by atoms with E-state index in [1.165, 1.54) is 0 Å². The van der Waals surface area contributed by atoms with Crippen molar-refractivity contribution in [2.24, 2.45) is 0 Å². The van der Waals surface area contributed by atoms with E-state index in [9.17, 15) is 4.79 Å². The molecule has 0 saturated heterocycles. The van der Waals surface area contributed by atoms with Gasteiger partial charge in [-0.1, -0.05) is 6.92 Å². The maximum absolute atomic E-state index is 11.7. The third kappa shape index (κ3) is 2.90. The lowest BCUT2D eigenvalue weighted by atomic mass is 10.3. The number of rotatable bonds is 5. The van der Waals surface area contributed by atoms with Gasteiger partial charge in [0.25, 0.3) is 5.91 Å². The standard InChI is InChI=1S/C10H14N6O/c1-2-3-7-14-9(16-15-7)10(17)13-6-8-11-4-5-12-8/h4-5H,2-3,6H2,1H3,(H,11,12)(H,13,17)(H,14,15,16). The molecule has 0 spiro atoms. The van der Waals surface area contributed by atoms with Crippen molar-refractivity contribution in [1.82, 2.24) is 30.5 Å². The van der Waals surface area contributed by atoms with E-state index < -0.39 is 0 Å². The third-order valence-electron chi connectivity index (χ3n) is 2.19. The number of aromatic amines is 2. The number of amides is 1. The van der Waals surface area contributed by atoms with Crippen LogP contribution in [-0.4, -0.2) is 31.1 Å². The first-order chi connectivity index (χ1) is 8.29. The molecule has 2 heterocycles. The summed E-state index contributed by atoms with van der Waals surface area (Å²) in [6.07, 6.45) is 5.09. The van der Waals surface area contributed by atoms with E-state index in [1.807, 2.05) is 6.92 Å². The van der Waals surface area contributed by atoms with Crippen LogP contribution in [0.1, 0.15) is 35.6 Å². The van der Waals surface area contributed by atoms with Crippen LogP contribution in [0.15, 0.2) is 12.4 Å². The van der Waals surface area contributed by atoms with Gasteiger partial charge in [-0.15, -0.1) is 5.10 Å². The van der Waals surface area contributed by atoms with Gasteiger partial charge in [0.2, 0.25) is 5.82 Å². The van der Waals surface area contributed by atoms with E-state index >= 15 is 0 Å². The largest absolute Gasteiger partial charge is 0.347 e. The Hall–Kier alpha value is -2.18. The quantitative estimate of drug-likeness (QED) is 0.697. The molecular formula is C10H14N6O. The lowest BCUT2D eigenvalue weighted by molar-refractivity contribution is 0.0940. The van der Waals surface area contributed by atoms with Crippen LogP contribution in [0.4, 0.5) is 0 Å². The van der Waals surface area contributed by atoms with Gasteiger partial charge in [-0.25, -0.2) is 9.97 Å². The molecule has 7 nitrogen and oxygen atoms in total. The van der Waals surface area contributed by atoms with E-state index in [1.54, 1.807) is 12.4 Å². The average molecular weight is 234 g/mol. The molecule has 0 atom stereocenters. The second-order valence-corrected chi connectivity index (χ2v) is 3.57. The van der Waals surface area contributed by atoms with Crippen LogP contribution in [-0.2, 0) is 13.0 Å². The number of imidazole rings is 1. The second-order valence-electron chi connectivity index (χ2n) is 3.57. The van der Waals surface area contributed by atoms with Gasteiger partial charge in [0.15, 0.2) is 0 Å². The van der Waals surface area contributed by atoms with Gasteiger partial charge in [0, 0.05) is 18.8 Å². The summed E-state index contributed by atoms with van der Waals surface area (Å²) < 4.78 is 0. The highest BCUT2D eigenvalue weighted by Gasteiger charge is 2.11. The van der Waals surface area contributed by atoms with Crippen molar-refractivity contribution < 1.29 is 4.79 Å². The van der Waals surface area contributed by atoms with Gasteiger partial charge in [-0.05, 0) is 6.42 Å². The Labute approximate surface area is 98.1 Å². The highest BCUT2D eigenvalue weighted by molar-refractivity contribution is 5.90. The lowest BCUT2D eigenvalue weighted by Gasteiger charge is -1.98. The second kappa shape index (κ2) is 5.24. The summed E-state index contributed by atoms with van der Waals surface area (Å²) in [5.74, 6) is 1.29. The molecule has 3 N–H and O–H groups in total. The van der Waals surface area contributed by atoms with Crippen molar-refractivity contribution in [2.45, 2.75) is 26.3 Å². The zero-order valence-electron chi connectivity index (χ0n) is 9.53. The number of aryl methyl sites for hydroxylation is 1. The highest BCUT2D eigenvalue weighted by Crippen LogP contribution is 1.97. The molecule has 2 aromatic heterocycles. The molecule has 17 heavy (non-hydrogen) atoms. The Morgan fingerprint density at radius 2 is 2.35 bits per heavy atom. The van der Waals surface area contributed by atoms with Gasteiger partial charge in [-0.2, -0.15) is 0 Å². The van der Waals surface area contributed by atoms with E-state index in [0.717, 1.165) is 18.7 Å². The first-order valence-corrected chi connectivity index (χ1v) is 5.47. The molecule has 1 amide bonds. The maximum Gasteiger partial charge on any atom is 0.291 e. The number of hydrogen-bond donors (Lipinski definition) is 3. The van der Waals surface area contributed by atoms with Crippen LogP contribution in [0.2, 0.25) is 0 Å². The van der Waals surface area contributed by atoms with E-state index in [-0.39, 0.29) is 11.7 Å². The summed E-state index contributed by atoms with van der Waals surface area (Å²) >= 11 is 0. The molecule has 0 aliphatic carbocycles. The summed E-state index contributed by atoms with van der Waals surface area (Å²) in [5, 5.41) is 9.27. The molecule has 90 valence electrons. The SMILES string of the molecule is CCCc1nc(C(=O)NCc2ncc[nH]2)n[nH]1. The van der Waals surface area contributed by atoms with E-state index in [4.69, 9.17) is 0 Å². The first kappa shape index (κ1) is 11.3. The number of aromatic nitrogens is 5. The van der Waals surface area contributed by atoms with Crippen LogP contribution in [0, 0.1) is 0 Å². The lowest BCUT2D eigenvalue weighted by Crippen LogP contribution is -2.24. The fourth-order valence-electron chi connectivity index (χ4n) is 1.38. The normalized spacial score (nSPS) is 10.4. The Balaban J connectivity index is 1.90. The number of carbonyl (C=O) groups is 1. The number of nitrogens with zero attached hydrogens (tertiary/aromatic N) is 3. The summed E-state index contributed by atoms with van der Waals surface area (Å²) in [6, 6.07) is 0. The van der Waals surface area contributed by atoms with Gasteiger partial charge in [0.05, 0.1) is 6.54 Å². The number of carbonyl (C=O) groups excluding carboxylic acids is 1. The van der Waals surface area contributed by atoms with Crippen molar-refractivity contribution >= 4 is 5.91 Å². The van der Waals surface area contributed by atoms with E-state index in [0.29, 0.717) is 12.4 Å². The monoisotopic (exact) mass is 234 g/mol. The van der Waals surface area contributed by atoms with Crippen molar-refractivity contribution in [1.29, 1.82) is 0 Å². The molecule has 0 bridgehead atoms. The number of H-pyrrole nitrogens is 2. The number of nitrogens with one attached hydrogen (secondary N) is 3. The van der Waals surface area contributed by atoms with Crippen molar-refractivity contribution in [3.8, 4) is 0 Å². The van der Waals surface area contributed by atoms with Crippen molar-refractivity contribution in [3.05, 3.63) is 29.9 Å². The fourth-order valence-corrected chi connectivity index (χ4v) is 1.38. The minimum Gasteiger partial charge on any atom is -0.347 e. The van der Waals surface area contributed by atoms with Crippen LogP contribution < -0.4 is 5.32 Å². The molecule has 0 saturated carbocycles. The number of hydrogen-bond acceptors (Lipinski definition) is 4. The molecule has 0 radical (unpaired) electrons. The Morgan fingerprint density at radius 1 is 1.47 bits per heavy atom. The van der Waals surface area contributed by atoms with Crippen molar-refractivity contribution in [3.63, 3.8) is 0 Å². The Kier molecular flexibility index (Phi) is 3.49. The predicted octanol–water partition coefficient (Wildman–Crippen LogP) is 0.410. The first-order valence-electron chi connectivity index (χ1n) is 5.47. The molecule has 0 aromatic carbocycles. The average Bonchev–Trinajstić information content (AvgIpc) is 2.97. The van der Waals surface area contributed by atoms with Crippen LogP contribution in [0.3, 0.4) is 0 Å². The van der Waals surface area contributed by atoms with Gasteiger partial charge >= 0.3 is 0 Å². The molecule has 0 fully saturated rings. The predicted molar refractivity (Wildman–Crippen MR) is 60.1 cm³/mol. The van der Waals surface area contributed by atoms with Gasteiger partial charge < -0.3 is 10.3 Å². The Bertz CT molecular complexity index is 475. The molecule has 2 aromatic rings. The smallest absolute Gasteiger partial charge is 0.291 e. The summed E-state index contributed by atoms with van der Waals surface area (Å²) in [4.78, 5) is 22.6. The summed E-state index contributed by atoms with van der Waals surface area (Å²) in [5.41, 5.74) is 0. The minimum atomic E-state index is -0.306. The molecule has 0 unspecified atom stereocenters. The summed E-state index contributed by atoms with van der Waals surface area (Å²) in [7, 11) is 0. The van der Waals surface area contributed by atoms with Gasteiger partial charge in [-0.3, -0.25) is 9.89 Å². The topological polar surface area (TPSA) is 99.3 Å². The van der Waals surface area contributed by atoms with Crippen LogP contribution in [0.25, 0.3) is 0 Å². The van der Waals surface area contributed by atoms with Crippen LogP contribution >= 0.6 is 0 Å². The third-order valence-corrected chi connectivity index (χ3v) is 2.19. The highest BCUT2D eigenvalue weighted by atomic mass is 16.2. The summed E-state index contributed by atoms with van der Waals surface area (Å²) in [6.45, 7) is 2.38. The molecule has 0 aliphatic heterocycles. The minimum absolute atomic E-state index is 0.167. The molecule has 2 rings (SSSR count). The maximum atomic E-state index is 11.7. The Morgan fingerprint density at radius 3 is 3.06 bits per heavy atom. The zero-order valence-corrected chi connectivity index (χ0v) is 9.53. The fraction of sp³-hybridized carbons (Fsp3) is 0.400. The zero-order chi connectivity index (χ0) is 12.1. The van der Waals surface area contributed by atoms with E-state index in [2.05, 4.69) is 30.5 Å². The van der Waals surface area contributed by atoms with Crippen LogP contribution in [0.5, 0.6) is 0 Å². The van der Waals surface area contributed by atoms with Crippen molar-refractivity contribution in [2.75, 3.05) is 0 Å².